The second-order valence-corrected chi connectivity index (χ2v) is 10.5. The van der Waals surface area contributed by atoms with Crippen molar-refractivity contribution in [2.45, 2.75) is 52.7 Å². The zero-order valence-corrected chi connectivity index (χ0v) is 21.9. The van der Waals surface area contributed by atoms with E-state index in [1.54, 1.807) is 0 Å². The van der Waals surface area contributed by atoms with Gasteiger partial charge in [0.15, 0.2) is 0 Å². The molecule has 0 bridgehead atoms. The fourth-order valence-electron chi connectivity index (χ4n) is 5.02. The van der Waals surface area contributed by atoms with Crippen LogP contribution in [0.15, 0.2) is 48.5 Å². The van der Waals surface area contributed by atoms with Crippen molar-refractivity contribution >= 4 is 5.69 Å². The van der Waals surface area contributed by atoms with Gasteiger partial charge in [0, 0.05) is 57.5 Å². The number of piperazine rings is 1. The zero-order chi connectivity index (χ0) is 23.8. The van der Waals surface area contributed by atoms with Gasteiger partial charge in [0.1, 0.15) is 0 Å². The Kier molecular flexibility index (Phi) is 9.78. The maximum Gasteiger partial charge on any atom is 0.0412 e. The number of hydrogen-bond donors (Lipinski definition) is 0. The van der Waals surface area contributed by atoms with Crippen molar-refractivity contribution in [2.24, 2.45) is 5.92 Å². The van der Waals surface area contributed by atoms with Crippen LogP contribution in [-0.4, -0.2) is 74.6 Å². The lowest BCUT2D eigenvalue weighted by atomic mass is 9.99. The molecule has 1 saturated heterocycles. The maximum absolute atomic E-state index is 2.74. The molecule has 4 nitrogen and oxygen atoms in total. The van der Waals surface area contributed by atoms with Crippen LogP contribution in [0.2, 0.25) is 0 Å². The van der Waals surface area contributed by atoms with E-state index in [9.17, 15) is 0 Å². The minimum absolute atomic E-state index is 0.519. The topological polar surface area (TPSA) is 13.0 Å². The summed E-state index contributed by atoms with van der Waals surface area (Å²) in [6, 6.07) is 18.8. The van der Waals surface area contributed by atoms with Gasteiger partial charge in [0.2, 0.25) is 0 Å². The summed E-state index contributed by atoms with van der Waals surface area (Å²) in [5.41, 5.74) is 5.74. The fourth-order valence-corrected chi connectivity index (χ4v) is 5.02. The molecule has 0 radical (unpaired) electrons. The molecule has 2 aromatic rings. The first-order valence-corrected chi connectivity index (χ1v) is 12.8. The van der Waals surface area contributed by atoms with Crippen LogP contribution in [0.25, 0.3) is 0 Å². The maximum atomic E-state index is 2.74. The number of aryl methyl sites for hydroxylation is 1. The van der Waals surface area contributed by atoms with Crippen LogP contribution < -0.4 is 4.90 Å². The quantitative estimate of drug-likeness (QED) is 0.479. The van der Waals surface area contributed by atoms with Gasteiger partial charge in [-0.15, -0.1) is 0 Å². The molecule has 1 fully saturated rings. The molecule has 0 unspecified atom stereocenters. The predicted molar refractivity (Wildman–Crippen MR) is 143 cm³/mol. The SMILES string of the molecule is CCc1cccc(CN(Cc2ccccc2N2CCN(C)CC2)[C@@H](CC(C)C)CN(C)C)c1. The second kappa shape index (κ2) is 12.5. The Morgan fingerprint density at radius 2 is 1.58 bits per heavy atom. The molecule has 1 atom stereocenters. The molecular weight excluding hydrogens is 404 g/mol. The van der Waals surface area contributed by atoms with E-state index < -0.39 is 0 Å². The summed E-state index contributed by atoms with van der Waals surface area (Å²) in [6.45, 7) is 14.5. The summed E-state index contributed by atoms with van der Waals surface area (Å²) < 4.78 is 0. The lowest BCUT2D eigenvalue weighted by Crippen LogP contribution is -2.45. The van der Waals surface area contributed by atoms with Gasteiger partial charge in [-0.25, -0.2) is 0 Å². The van der Waals surface area contributed by atoms with E-state index in [-0.39, 0.29) is 0 Å². The fraction of sp³-hybridized carbons (Fsp3) is 0.586. The first kappa shape index (κ1) is 25.7. The molecule has 1 aliphatic heterocycles. The highest BCUT2D eigenvalue weighted by Gasteiger charge is 2.24. The molecule has 0 spiro atoms. The van der Waals surface area contributed by atoms with E-state index >= 15 is 0 Å². The number of nitrogens with zero attached hydrogens (tertiary/aromatic N) is 4. The average Bonchev–Trinajstić information content (AvgIpc) is 2.79. The van der Waals surface area contributed by atoms with Gasteiger partial charge in [-0.2, -0.15) is 0 Å². The van der Waals surface area contributed by atoms with Gasteiger partial charge in [0.05, 0.1) is 0 Å². The highest BCUT2D eigenvalue weighted by Crippen LogP contribution is 2.26. The summed E-state index contributed by atoms with van der Waals surface area (Å²) in [5, 5.41) is 0. The normalized spacial score (nSPS) is 16.2. The van der Waals surface area contributed by atoms with Gasteiger partial charge in [-0.1, -0.05) is 63.2 Å². The third-order valence-electron chi connectivity index (χ3n) is 6.83. The zero-order valence-electron chi connectivity index (χ0n) is 21.9. The molecule has 0 amide bonds. The van der Waals surface area contributed by atoms with Crippen LogP contribution in [-0.2, 0) is 19.5 Å². The molecule has 0 saturated carbocycles. The number of anilines is 1. The molecule has 0 aliphatic carbocycles. The lowest BCUT2D eigenvalue weighted by molar-refractivity contribution is 0.127. The van der Waals surface area contributed by atoms with Gasteiger partial charge >= 0.3 is 0 Å². The standard InChI is InChI=1S/C29H46N4/c1-7-25-11-10-12-26(20-25)21-33(28(19-24(2)3)23-30(4)5)22-27-13-8-9-14-29(27)32-17-15-31(6)16-18-32/h8-14,20,24,28H,7,15-19,21-23H2,1-6H3/t28-/m0/s1. The minimum Gasteiger partial charge on any atom is -0.369 e. The molecule has 33 heavy (non-hydrogen) atoms. The Morgan fingerprint density at radius 1 is 0.879 bits per heavy atom. The predicted octanol–water partition coefficient (Wildman–Crippen LogP) is 4.98. The third-order valence-corrected chi connectivity index (χ3v) is 6.83. The average molecular weight is 451 g/mol. The van der Waals surface area contributed by atoms with Crippen molar-refractivity contribution in [1.82, 2.24) is 14.7 Å². The Balaban J connectivity index is 1.90. The van der Waals surface area contributed by atoms with E-state index in [0.717, 1.165) is 52.2 Å². The number of rotatable bonds is 11. The Labute approximate surface area is 203 Å². The van der Waals surface area contributed by atoms with Crippen molar-refractivity contribution in [3.8, 4) is 0 Å². The second-order valence-electron chi connectivity index (χ2n) is 10.5. The summed E-state index contributed by atoms with van der Waals surface area (Å²) in [7, 11) is 6.65. The van der Waals surface area contributed by atoms with Gasteiger partial charge in [-0.05, 0) is 62.7 Å². The molecule has 1 heterocycles. The van der Waals surface area contributed by atoms with E-state index in [1.807, 2.05) is 0 Å². The molecule has 1 aliphatic rings. The molecule has 2 aromatic carbocycles. The van der Waals surface area contributed by atoms with Crippen molar-refractivity contribution in [2.75, 3.05) is 58.8 Å². The Morgan fingerprint density at radius 3 is 2.24 bits per heavy atom. The van der Waals surface area contributed by atoms with Gasteiger partial charge in [0.25, 0.3) is 0 Å². The Hall–Kier alpha value is -1.88. The largest absolute Gasteiger partial charge is 0.369 e. The smallest absolute Gasteiger partial charge is 0.0412 e. The first-order valence-electron chi connectivity index (χ1n) is 12.8. The molecular formula is C29H46N4. The highest BCUT2D eigenvalue weighted by molar-refractivity contribution is 5.54. The summed E-state index contributed by atoms with van der Waals surface area (Å²) in [5.74, 6) is 0.673. The van der Waals surface area contributed by atoms with Crippen LogP contribution >= 0.6 is 0 Å². The summed E-state index contributed by atoms with van der Waals surface area (Å²) in [4.78, 5) is 10.1. The van der Waals surface area contributed by atoms with Crippen molar-refractivity contribution < 1.29 is 0 Å². The van der Waals surface area contributed by atoms with Crippen LogP contribution in [0, 0.1) is 5.92 Å². The Bertz CT molecular complexity index is 829. The summed E-state index contributed by atoms with van der Waals surface area (Å²) >= 11 is 0. The van der Waals surface area contributed by atoms with Gasteiger partial charge in [-0.3, -0.25) is 4.90 Å². The van der Waals surface area contributed by atoms with Crippen LogP contribution in [0.1, 0.15) is 43.9 Å². The molecule has 0 N–H and O–H groups in total. The number of hydrogen-bond acceptors (Lipinski definition) is 4. The van der Waals surface area contributed by atoms with Crippen LogP contribution in [0.5, 0.6) is 0 Å². The van der Waals surface area contributed by atoms with Crippen molar-refractivity contribution in [1.29, 1.82) is 0 Å². The molecule has 3 rings (SSSR count). The van der Waals surface area contributed by atoms with Crippen molar-refractivity contribution in [3.63, 3.8) is 0 Å². The van der Waals surface area contributed by atoms with E-state index in [1.165, 1.54) is 28.8 Å². The number of benzene rings is 2. The summed E-state index contributed by atoms with van der Waals surface area (Å²) in [6.07, 6.45) is 2.30. The van der Waals surface area contributed by atoms with E-state index in [4.69, 9.17) is 0 Å². The van der Waals surface area contributed by atoms with E-state index in [0.29, 0.717) is 12.0 Å². The minimum atomic E-state index is 0.519. The van der Waals surface area contributed by atoms with E-state index in [2.05, 4.69) is 110 Å². The molecule has 4 heteroatoms. The first-order chi connectivity index (χ1) is 15.9. The third kappa shape index (κ3) is 7.84. The highest BCUT2D eigenvalue weighted by atomic mass is 15.3. The molecule has 182 valence electrons. The van der Waals surface area contributed by atoms with Crippen LogP contribution in [0.3, 0.4) is 0 Å². The van der Waals surface area contributed by atoms with Gasteiger partial charge < -0.3 is 14.7 Å². The number of likely N-dealkylation sites (N-methyl/N-ethyl adjacent to an activating group) is 2. The molecule has 0 aromatic heterocycles. The monoisotopic (exact) mass is 450 g/mol. The van der Waals surface area contributed by atoms with Crippen LogP contribution in [0.4, 0.5) is 5.69 Å². The lowest BCUT2D eigenvalue weighted by Gasteiger charge is -2.38. The number of para-hydroxylation sites is 1. The van der Waals surface area contributed by atoms with Crippen molar-refractivity contribution in [3.05, 3.63) is 65.2 Å².